The molecule has 3 heteroatoms. The molecular weight excluding hydrogens is 203 g/mol. The van der Waals surface area contributed by atoms with Gasteiger partial charge in [-0.2, -0.15) is 0 Å². The molecule has 0 aliphatic heterocycles. The van der Waals surface area contributed by atoms with Crippen molar-refractivity contribution < 1.29 is 4.39 Å². The Morgan fingerprint density at radius 3 is 2.75 bits per heavy atom. The third-order valence-corrected chi connectivity index (χ3v) is 2.65. The predicted molar refractivity (Wildman–Crippen MR) is 67.2 cm³/mol. The molecule has 2 nitrogen and oxygen atoms in total. The second-order valence-electron chi connectivity index (χ2n) is 4.37. The van der Waals surface area contributed by atoms with Crippen LogP contribution in [-0.2, 0) is 0 Å². The Bertz CT molecular complexity index is 313. The maximum Gasteiger partial charge on any atom is 0.125 e. The minimum atomic E-state index is -0.181. The minimum absolute atomic E-state index is 0.181. The molecule has 1 unspecified atom stereocenters. The maximum atomic E-state index is 13.0. The van der Waals surface area contributed by atoms with Gasteiger partial charge in [0.15, 0.2) is 0 Å². The zero-order chi connectivity index (χ0) is 12.0. The molecule has 1 aromatic rings. The van der Waals surface area contributed by atoms with Crippen molar-refractivity contribution in [2.75, 3.05) is 18.5 Å². The molecule has 0 saturated carbocycles. The van der Waals surface area contributed by atoms with E-state index in [9.17, 15) is 4.39 Å². The fourth-order valence-corrected chi connectivity index (χ4v) is 1.66. The Morgan fingerprint density at radius 1 is 1.38 bits per heavy atom. The van der Waals surface area contributed by atoms with Gasteiger partial charge < -0.3 is 10.6 Å². The van der Waals surface area contributed by atoms with Crippen LogP contribution in [0.3, 0.4) is 0 Å². The minimum Gasteiger partial charge on any atom is -0.375 e. The molecule has 1 rings (SSSR count). The van der Waals surface area contributed by atoms with E-state index < -0.39 is 0 Å². The lowest BCUT2D eigenvalue weighted by molar-refractivity contribution is 0.595. The van der Waals surface area contributed by atoms with E-state index in [0.29, 0.717) is 0 Å². The van der Waals surface area contributed by atoms with Crippen molar-refractivity contribution in [2.24, 2.45) is 5.73 Å². The molecule has 0 aromatic heterocycles. The van der Waals surface area contributed by atoms with Crippen LogP contribution in [0.5, 0.6) is 0 Å². The van der Waals surface area contributed by atoms with Crippen molar-refractivity contribution in [3.63, 3.8) is 0 Å². The summed E-state index contributed by atoms with van der Waals surface area (Å²) < 4.78 is 13.0. The normalized spacial score (nSPS) is 12.5. The fourth-order valence-electron chi connectivity index (χ4n) is 1.66. The predicted octanol–water partition coefficient (Wildman–Crippen LogP) is 2.78. The molecule has 16 heavy (non-hydrogen) atoms. The summed E-state index contributed by atoms with van der Waals surface area (Å²) in [6, 6.07) is 6.97. The van der Waals surface area contributed by atoms with Crippen LogP contribution in [0.1, 0.15) is 26.2 Å². The van der Waals surface area contributed by atoms with E-state index in [1.165, 1.54) is 6.07 Å². The summed E-state index contributed by atoms with van der Waals surface area (Å²) in [4.78, 5) is 2.07. The zero-order valence-electron chi connectivity index (χ0n) is 10.1. The third-order valence-electron chi connectivity index (χ3n) is 2.65. The lowest BCUT2D eigenvalue weighted by Gasteiger charge is -2.19. The van der Waals surface area contributed by atoms with E-state index in [2.05, 4.69) is 4.90 Å². The zero-order valence-corrected chi connectivity index (χ0v) is 10.1. The summed E-state index contributed by atoms with van der Waals surface area (Å²) in [5, 5.41) is 0. The second-order valence-corrected chi connectivity index (χ2v) is 4.37. The van der Waals surface area contributed by atoms with Gasteiger partial charge in [-0.05, 0) is 38.0 Å². The summed E-state index contributed by atoms with van der Waals surface area (Å²) in [6.07, 6.45) is 3.27. The fraction of sp³-hybridized carbons (Fsp3) is 0.538. The molecule has 0 fully saturated rings. The summed E-state index contributed by atoms with van der Waals surface area (Å²) in [5.41, 5.74) is 6.61. The van der Waals surface area contributed by atoms with Crippen LogP contribution in [0.2, 0.25) is 0 Å². The molecule has 0 aliphatic rings. The number of anilines is 1. The van der Waals surface area contributed by atoms with E-state index in [4.69, 9.17) is 5.73 Å². The van der Waals surface area contributed by atoms with Gasteiger partial charge in [0, 0.05) is 25.3 Å². The Morgan fingerprint density at radius 2 is 2.12 bits per heavy atom. The smallest absolute Gasteiger partial charge is 0.125 e. The summed E-state index contributed by atoms with van der Waals surface area (Å²) in [5.74, 6) is -0.181. The van der Waals surface area contributed by atoms with Gasteiger partial charge in [-0.25, -0.2) is 4.39 Å². The molecule has 0 bridgehead atoms. The number of hydrogen-bond donors (Lipinski definition) is 1. The van der Waals surface area contributed by atoms with E-state index in [-0.39, 0.29) is 11.9 Å². The first-order valence-corrected chi connectivity index (χ1v) is 5.82. The third kappa shape index (κ3) is 4.62. The molecular formula is C13H21FN2. The van der Waals surface area contributed by atoms with Crippen molar-refractivity contribution >= 4 is 5.69 Å². The average molecular weight is 224 g/mol. The summed E-state index contributed by atoms with van der Waals surface area (Å²) >= 11 is 0. The highest BCUT2D eigenvalue weighted by atomic mass is 19.1. The molecule has 90 valence electrons. The Hall–Kier alpha value is -1.09. The second kappa shape index (κ2) is 6.48. The molecule has 1 atom stereocenters. The van der Waals surface area contributed by atoms with Gasteiger partial charge in [-0.1, -0.05) is 12.5 Å². The first kappa shape index (κ1) is 13.0. The van der Waals surface area contributed by atoms with Crippen LogP contribution in [0.25, 0.3) is 0 Å². The SMILES string of the molecule is CC(N)CCCCN(C)c1cccc(F)c1. The van der Waals surface area contributed by atoms with Crippen LogP contribution in [0.15, 0.2) is 24.3 Å². The van der Waals surface area contributed by atoms with Gasteiger partial charge in [0.1, 0.15) is 5.82 Å². The van der Waals surface area contributed by atoms with Crippen LogP contribution >= 0.6 is 0 Å². The monoisotopic (exact) mass is 224 g/mol. The van der Waals surface area contributed by atoms with Gasteiger partial charge in [-0.15, -0.1) is 0 Å². The van der Waals surface area contributed by atoms with E-state index in [0.717, 1.165) is 31.5 Å². The van der Waals surface area contributed by atoms with Gasteiger partial charge in [0.25, 0.3) is 0 Å². The largest absolute Gasteiger partial charge is 0.375 e. The molecule has 0 saturated heterocycles. The first-order valence-electron chi connectivity index (χ1n) is 5.82. The number of hydrogen-bond acceptors (Lipinski definition) is 2. The highest BCUT2D eigenvalue weighted by molar-refractivity contribution is 5.45. The number of unbranched alkanes of at least 4 members (excludes halogenated alkanes) is 1. The van der Waals surface area contributed by atoms with Crippen LogP contribution in [0, 0.1) is 5.82 Å². The van der Waals surface area contributed by atoms with Gasteiger partial charge in [0.05, 0.1) is 0 Å². The van der Waals surface area contributed by atoms with Gasteiger partial charge in [0.2, 0.25) is 0 Å². The molecule has 1 aromatic carbocycles. The Kier molecular flexibility index (Phi) is 5.26. The number of nitrogens with two attached hydrogens (primary N) is 1. The van der Waals surface area contributed by atoms with Crippen LogP contribution in [0.4, 0.5) is 10.1 Å². The summed E-state index contributed by atoms with van der Waals surface area (Å²) in [7, 11) is 1.99. The van der Waals surface area contributed by atoms with Crippen molar-refractivity contribution in [3.8, 4) is 0 Å². The molecule has 0 aliphatic carbocycles. The van der Waals surface area contributed by atoms with Crippen molar-refractivity contribution in [3.05, 3.63) is 30.1 Å². The Labute approximate surface area is 97.3 Å². The number of benzene rings is 1. The topological polar surface area (TPSA) is 29.3 Å². The number of rotatable bonds is 6. The molecule has 0 spiro atoms. The van der Waals surface area contributed by atoms with Crippen LogP contribution in [-0.4, -0.2) is 19.6 Å². The quantitative estimate of drug-likeness (QED) is 0.753. The highest BCUT2D eigenvalue weighted by Gasteiger charge is 2.02. The van der Waals surface area contributed by atoms with E-state index in [1.807, 2.05) is 20.0 Å². The maximum absolute atomic E-state index is 13.0. The highest BCUT2D eigenvalue weighted by Crippen LogP contribution is 2.14. The lowest BCUT2D eigenvalue weighted by atomic mass is 10.1. The molecule has 0 heterocycles. The van der Waals surface area contributed by atoms with Crippen molar-refractivity contribution in [1.29, 1.82) is 0 Å². The van der Waals surface area contributed by atoms with Crippen molar-refractivity contribution in [1.82, 2.24) is 0 Å². The first-order chi connectivity index (χ1) is 7.59. The standard InChI is InChI=1S/C13H21FN2/c1-11(15)6-3-4-9-16(2)13-8-5-7-12(14)10-13/h5,7-8,10-11H,3-4,6,9,15H2,1-2H3. The Balaban J connectivity index is 2.32. The average Bonchev–Trinajstić information content (AvgIpc) is 2.24. The number of halogens is 1. The molecule has 2 N–H and O–H groups in total. The molecule has 0 amide bonds. The number of nitrogens with zero attached hydrogens (tertiary/aromatic N) is 1. The van der Waals surface area contributed by atoms with Gasteiger partial charge in [-0.3, -0.25) is 0 Å². The van der Waals surface area contributed by atoms with E-state index >= 15 is 0 Å². The lowest BCUT2D eigenvalue weighted by Crippen LogP contribution is -2.20. The van der Waals surface area contributed by atoms with Gasteiger partial charge >= 0.3 is 0 Å². The van der Waals surface area contributed by atoms with E-state index in [1.54, 1.807) is 12.1 Å². The molecule has 0 radical (unpaired) electrons. The van der Waals surface area contributed by atoms with Crippen LogP contribution < -0.4 is 10.6 Å². The van der Waals surface area contributed by atoms with Crippen molar-refractivity contribution in [2.45, 2.75) is 32.2 Å². The summed E-state index contributed by atoms with van der Waals surface area (Å²) in [6.45, 7) is 2.96.